The van der Waals surface area contributed by atoms with Crippen molar-refractivity contribution >= 4 is 0 Å². The molecule has 2 rings (SSSR count). The molecule has 2 heteroatoms. The number of piperidine rings is 1. The third-order valence-electron chi connectivity index (χ3n) is 3.79. The Labute approximate surface area is 117 Å². The molecule has 0 saturated carbocycles. The van der Waals surface area contributed by atoms with Crippen LogP contribution in [0.15, 0.2) is 42.0 Å². The van der Waals surface area contributed by atoms with Crippen LogP contribution in [0.2, 0.25) is 0 Å². The molecule has 1 fully saturated rings. The number of allylic oxidation sites excluding steroid dienone is 1. The molecule has 0 unspecified atom stereocenters. The van der Waals surface area contributed by atoms with Crippen molar-refractivity contribution in [2.75, 3.05) is 19.6 Å². The highest BCUT2D eigenvalue weighted by Crippen LogP contribution is 2.16. The molecule has 1 heterocycles. The van der Waals surface area contributed by atoms with Gasteiger partial charge in [-0.3, -0.25) is 4.90 Å². The van der Waals surface area contributed by atoms with Crippen LogP contribution in [0.5, 0.6) is 0 Å². The smallest absolute Gasteiger partial charge is 0.0240 e. The van der Waals surface area contributed by atoms with Crippen molar-refractivity contribution in [3.63, 3.8) is 0 Å². The number of nitrogens with zero attached hydrogens (tertiary/aromatic N) is 1. The molecule has 0 radical (unpaired) electrons. The lowest BCUT2D eigenvalue weighted by atomic mass is 10.0. The van der Waals surface area contributed by atoms with Crippen molar-refractivity contribution in [2.24, 2.45) is 0 Å². The topological polar surface area (TPSA) is 15.3 Å². The third-order valence-corrected chi connectivity index (χ3v) is 3.79. The van der Waals surface area contributed by atoms with Crippen LogP contribution in [0.25, 0.3) is 0 Å². The fraction of sp³-hybridized carbons (Fsp3) is 0.529. The van der Waals surface area contributed by atoms with E-state index in [-0.39, 0.29) is 0 Å². The van der Waals surface area contributed by atoms with Gasteiger partial charge in [-0.05, 0) is 45.3 Å². The lowest BCUT2D eigenvalue weighted by molar-refractivity contribution is 0.171. The van der Waals surface area contributed by atoms with Gasteiger partial charge in [-0.1, -0.05) is 42.0 Å². The van der Waals surface area contributed by atoms with E-state index in [1.807, 2.05) is 0 Å². The Bertz CT molecular complexity index is 387. The predicted molar refractivity (Wildman–Crippen MR) is 82.2 cm³/mol. The third kappa shape index (κ3) is 4.81. The molecule has 1 aliphatic heterocycles. The molecule has 1 aromatic rings. The molecular weight excluding hydrogens is 232 g/mol. The van der Waals surface area contributed by atoms with Gasteiger partial charge in [-0.2, -0.15) is 0 Å². The van der Waals surface area contributed by atoms with E-state index in [1.54, 1.807) is 0 Å². The first-order valence-corrected chi connectivity index (χ1v) is 7.38. The maximum atomic E-state index is 3.46. The summed E-state index contributed by atoms with van der Waals surface area (Å²) < 4.78 is 0. The summed E-state index contributed by atoms with van der Waals surface area (Å²) in [5, 5.41) is 3.46. The van der Waals surface area contributed by atoms with Gasteiger partial charge in [0.25, 0.3) is 0 Å². The Balaban J connectivity index is 2.02. The zero-order valence-corrected chi connectivity index (χ0v) is 12.2. The number of benzene rings is 1. The van der Waals surface area contributed by atoms with Crippen molar-refractivity contribution in [1.29, 1.82) is 0 Å². The van der Waals surface area contributed by atoms with Gasteiger partial charge in [-0.25, -0.2) is 0 Å². The van der Waals surface area contributed by atoms with Crippen molar-refractivity contribution in [1.82, 2.24) is 10.2 Å². The second-order valence-corrected chi connectivity index (χ2v) is 5.68. The van der Waals surface area contributed by atoms with Crippen molar-refractivity contribution in [3.8, 4) is 0 Å². The molecule has 0 aliphatic carbocycles. The van der Waals surface area contributed by atoms with Crippen LogP contribution in [0.4, 0.5) is 0 Å². The highest BCUT2D eigenvalue weighted by molar-refractivity contribution is 5.15. The first kappa shape index (κ1) is 14.3. The molecule has 1 saturated heterocycles. The predicted octanol–water partition coefficient (Wildman–Crippen LogP) is 3.21. The summed E-state index contributed by atoms with van der Waals surface area (Å²) >= 11 is 0. The molecule has 0 atom stereocenters. The SMILES string of the molecule is CC(C)=CCN(Cc1ccccc1)C1CCNCC1. The largest absolute Gasteiger partial charge is 0.317 e. The molecule has 104 valence electrons. The lowest BCUT2D eigenvalue weighted by Crippen LogP contribution is -2.42. The van der Waals surface area contributed by atoms with Crippen molar-refractivity contribution in [2.45, 2.75) is 39.3 Å². The monoisotopic (exact) mass is 258 g/mol. The quantitative estimate of drug-likeness (QED) is 0.816. The van der Waals surface area contributed by atoms with Crippen LogP contribution in [0.1, 0.15) is 32.3 Å². The minimum Gasteiger partial charge on any atom is -0.317 e. The van der Waals surface area contributed by atoms with E-state index in [0.29, 0.717) is 0 Å². The van der Waals surface area contributed by atoms with Gasteiger partial charge >= 0.3 is 0 Å². The molecule has 0 aromatic heterocycles. The molecular formula is C17H26N2. The van der Waals surface area contributed by atoms with Crippen LogP contribution >= 0.6 is 0 Å². The Hall–Kier alpha value is -1.12. The van der Waals surface area contributed by atoms with Gasteiger partial charge in [-0.15, -0.1) is 0 Å². The summed E-state index contributed by atoms with van der Waals surface area (Å²) in [7, 11) is 0. The fourth-order valence-electron chi connectivity index (χ4n) is 2.63. The minimum absolute atomic E-state index is 0.719. The Morgan fingerprint density at radius 2 is 1.89 bits per heavy atom. The van der Waals surface area contributed by atoms with Crippen LogP contribution in [-0.4, -0.2) is 30.6 Å². The molecule has 0 amide bonds. The first-order valence-electron chi connectivity index (χ1n) is 7.38. The van der Waals surface area contributed by atoms with E-state index in [2.05, 4.69) is 60.5 Å². The van der Waals surface area contributed by atoms with Gasteiger partial charge in [0, 0.05) is 19.1 Å². The average Bonchev–Trinajstić information content (AvgIpc) is 2.45. The zero-order chi connectivity index (χ0) is 13.5. The lowest BCUT2D eigenvalue weighted by Gasteiger charge is -2.34. The van der Waals surface area contributed by atoms with Crippen LogP contribution in [-0.2, 0) is 6.54 Å². The standard InChI is InChI=1S/C17H26N2/c1-15(2)10-13-19(17-8-11-18-12-9-17)14-16-6-4-3-5-7-16/h3-7,10,17-18H,8-9,11-14H2,1-2H3. The maximum absolute atomic E-state index is 3.46. The second-order valence-electron chi connectivity index (χ2n) is 5.68. The van der Waals surface area contributed by atoms with E-state index >= 15 is 0 Å². The first-order chi connectivity index (χ1) is 9.25. The summed E-state index contributed by atoms with van der Waals surface area (Å²) in [5.41, 5.74) is 2.83. The van der Waals surface area contributed by atoms with Gasteiger partial charge in [0.1, 0.15) is 0 Å². The number of hydrogen-bond donors (Lipinski definition) is 1. The normalized spacial score (nSPS) is 16.6. The zero-order valence-electron chi connectivity index (χ0n) is 12.2. The molecule has 19 heavy (non-hydrogen) atoms. The summed E-state index contributed by atoms with van der Waals surface area (Å²) in [5.74, 6) is 0. The van der Waals surface area contributed by atoms with Crippen LogP contribution in [0, 0.1) is 0 Å². The fourth-order valence-corrected chi connectivity index (χ4v) is 2.63. The van der Waals surface area contributed by atoms with Gasteiger partial charge in [0.05, 0.1) is 0 Å². The van der Waals surface area contributed by atoms with Crippen LogP contribution < -0.4 is 5.32 Å². The Morgan fingerprint density at radius 1 is 1.21 bits per heavy atom. The average molecular weight is 258 g/mol. The number of nitrogens with one attached hydrogen (secondary N) is 1. The highest BCUT2D eigenvalue weighted by Gasteiger charge is 2.20. The molecule has 2 nitrogen and oxygen atoms in total. The highest BCUT2D eigenvalue weighted by atomic mass is 15.2. The molecule has 1 aromatic carbocycles. The molecule has 0 bridgehead atoms. The van der Waals surface area contributed by atoms with Gasteiger partial charge in [0.2, 0.25) is 0 Å². The summed E-state index contributed by atoms with van der Waals surface area (Å²) in [4.78, 5) is 2.63. The van der Waals surface area contributed by atoms with E-state index in [1.165, 1.54) is 24.0 Å². The summed E-state index contributed by atoms with van der Waals surface area (Å²) in [6, 6.07) is 11.5. The van der Waals surface area contributed by atoms with Crippen LogP contribution in [0.3, 0.4) is 0 Å². The van der Waals surface area contributed by atoms with Crippen molar-refractivity contribution < 1.29 is 0 Å². The Morgan fingerprint density at radius 3 is 2.53 bits per heavy atom. The molecule has 1 aliphatic rings. The summed E-state index contributed by atoms with van der Waals surface area (Å²) in [6.07, 6.45) is 4.89. The van der Waals surface area contributed by atoms with E-state index in [9.17, 15) is 0 Å². The molecule has 0 spiro atoms. The summed E-state index contributed by atoms with van der Waals surface area (Å²) in [6.45, 7) is 8.82. The van der Waals surface area contributed by atoms with Gasteiger partial charge < -0.3 is 5.32 Å². The Kier molecular flexibility index (Phi) is 5.62. The van der Waals surface area contributed by atoms with E-state index < -0.39 is 0 Å². The second kappa shape index (κ2) is 7.46. The number of hydrogen-bond acceptors (Lipinski definition) is 2. The maximum Gasteiger partial charge on any atom is 0.0240 e. The number of rotatable bonds is 5. The van der Waals surface area contributed by atoms with Gasteiger partial charge in [0.15, 0.2) is 0 Å². The minimum atomic E-state index is 0.719. The van der Waals surface area contributed by atoms with Crippen molar-refractivity contribution in [3.05, 3.63) is 47.5 Å². The molecule has 1 N–H and O–H groups in total. The van der Waals surface area contributed by atoms with E-state index in [0.717, 1.165) is 32.2 Å². The van der Waals surface area contributed by atoms with E-state index in [4.69, 9.17) is 0 Å².